The van der Waals surface area contributed by atoms with Crippen molar-refractivity contribution in [2.24, 2.45) is 4.99 Å². The number of urea groups is 1. The molecule has 1 aliphatic heterocycles. The first-order chi connectivity index (χ1) is 16.5. The second-order valence-electron chi connectivity index (χ2n) is 8.42. The summed E-state index contributed by atoms with van der Waals surface area (Å²) in [6.45, 7) is 0. The molecule has 0 aromatic heterocycles. The number of aliphatic imine (C=N–C) groups is 1. The molecule has 1 atom stereocenters. The van der Waals surface area contributed by atoms with Crippen molar-refractivity contribution in [2.45, 2.75) is 31.3 Å². The van der Waals surface area contributed by atoms with Crippen LogP contribution in [0.2, 0.25) is 0 Å². The van der Waals surface area contributed by atoms with Gasteiger partial charge in [0.05, 0.1) is 11.4 Å². The fourth-order valence-corrected chi connectivity index (χ4v) is 4.79. The number of hydrogen-bond acceptors (Lipinski definition) is 3. The summed E-state index contributed by atoms with van der Waals surface area (Å²) >= 11 is 5.85. The van der Waals surface area contributed by atoms with Gasteiger partial charge in [-0.15, -0.1) is 0 Å². The number of rotatable bonds is 5. The van der Waals surface area contributed by atoms with E-state index in [2.05, 4.69) is 54.5 Å². The normalized spacial score (nSPS) is 17.2. The lowest BCUT2D eigenvalue weighted by atomic mass is 10.00. The molecule has 5 rings (SSSR count). The summed E-state index contributed by atoms with van der Waals surface area (Å²) in [5.74, 6) is -0.136. The van der Waals surface area contributed by atoms with Gasteiger partial charge in [-0.25, -0.2) is 4.79 Å². The maximum Gasteiger partial charge on any atom is 0.319 e. The highest BCUT2D eigenvalue weighted by molar-refractivity contribution is 14.1. The molecule has 3 aromatic carbocycles. The number of nitrogens with zero attached hydrogens (tertiary/aromatic N) is 1. The van der Waals surface area contributed by atoms with Crippen molar-refractivity contribution in [2.75, 3.05) is 10.6 Å². The van der Waals surface area contributed by atoms with E-state index in [1.807, 2.05) is 66.7 Å². The molecule has 1 heterocycles. The van der Waals surface area contributed by atoms with Gasteiger partial charge in [0.25, 0.3) is 0 Å². The fourth-order valence-electron chi connectivity index (χ4n) is 3.85. The van der Waals surface area contributed by atoms with Gasteiger partial charge < -0.3 is 16.0 Å². The van der Waals surface area contributed by atoms with Crippen LogP contribution in [0.3, 0.4) is 0 Å². The van der Waals surface area contributed by atoms with Gasteiger partial charge in [0.2, 0.25) is 5.91 Å². The van der Waals surface area contributed by atoms with Crippen molar-refractivity contribution in [3.8, 4) is 0 Å². The number of carbonyl (C=O) groups excluding carboxylic acids is 2. The number of fused-ring (bicyclic) bond motifs is 1. The van der Waals surface area contributed by atoms with Gasteiger partial charge in [0.15, 0.2) is 0 Å². The van der Waals surface area contributed by atoms with E-state index in [0.29, 0.717) is 18.2 Å². The maximum absolute atomic E-state index is 13.1. The molecule has 3 N–H and O–H groups in total. The highest BCUT2D eigenvalue weighted by Gasteiger charge is 2.27. The maximum atomic E-state index is 13.1. The van der Waals surface area contributed by atoms with E-state index >= 15 is 0 Å². The molecule has 1 saturated carbocycles. The molecule has 2 aliphatic rings. The Bertz CT molecular complexity index is 1290. The lowest BCUT2D eigenvalue weighted by molar-refractivity contribution is -0.117. The average molecular weight is 629 g/mol. The minimum absolute atomic E-state index is 0.136. The SMILES string of the molecule is O=C(Nc1ccc(C2=NC(Cc3ccccc3Br)C(=O)Nc3ccc(I)cc32)cc1)NC1CC1. The van der Waals surface area contributed by atoms with Crippen molar-refractivity contribution < 1.29 is 9.59 Å². The highest BCUT2D eigenvalue weighted by atomic mass is 127. The van der Waals surface area contributed by atoms with E-state index in [-0.39, 0.29) is 11.9 Å². The summed E-state index contributed by atoms with van der Waals surface area (Å²) in [7, 11) is 0. The molecule has 1 aliphatic carbocycles. The molecule has 172 valence electrons. The molecule has 1 unspecified atom stereocenters. The Kier molecular flexibility index (Phi) is 6.69. The first-order valence-electron chi connectivity index (χ1n) is 11.1. The van der Waals surface area contributed by atoms with Crippen LogP contribution in [0.15, 0.2) is 76.2 Å². The van der Waals surface area contributed by atoms with E-state index in [0.717, 1.165) is 49.0 Å². The number of hydrogen-bond donors (Lipinski definition) is 3. The third-order valence-electron chi connectivity index (χ3n) is 5.78. The van der Waals surface area contributed by atoms with Gasteiger partial charge in [-0.3, -0.25) is 9.79 Å². The average Bonchev–Trinajstić information content (AvgIpc) is 3.64. The molecule has 0 saturated heterocycles. The predicted octanol–water partition coefficient (Wildman–Crippen LogP) is 5.74. The van der Waals surface area contributed by atoms with Crippen molar-refractivity contribution in [3.05, 3.63) is 91.5 Å². The van der Waals surface area contributed by atoms with E-state index in [9.17, 15) is 9.59 Å². The first-order valence-corrected chi connectivity index (χ1v) is 12.9. The van der Waals surface area contributed by atoms with Crippen LogP contribution >= 0.6 is 38.5 Å². The van der Waals surface area contributed by atoms with Crippen LogP contribution in [0.1, 0.15) is 29.5 Å². The summed E-state index contributed by atoms with van der Waals surface area (Å²) in [6, 6.07) is 20.9. The Hall–Kier alpha value is -2.72. The topological polar surface area (TPSA) is 82.6 Å². The van der Waals surface area contributed by atoms with Crippen molar-refractivity contribution in [1.29, 1.82) is 0 Å². The Morgan fingerprint density at radius 2 is 1.85 bits per heavy atom. The van der Waals surface area contributed by atoms with E-state index in [1.165, 1.54) is 0 Å². The molecule has 3 aromatic rings. The molecule has 1 fully saturated rings. The molecule has 0 bridgehead atoms. The van der Waals surface area contributed by atoms with Gasteiger partial charge in [0, 0.05) is 37.3 Å². The molecule has 6 nitrogen and oxygen atoms in total. The number of amides is 3. The molecule has 34 heavy (non-hydrogen) atoms. The zero-order valence-electron chi connectivity index (χ0n) is 18.1. The van der Waals surface area contributed by atoms with Crippen LogP contribution in [0.25, 0.3) is 0 Å². The third kappa shape index (κ3) is 5.33. The summed E-state index contributed by atoms with van der Waals surface area (Å²) in [5.41, 5.74) is 4.97. The molecule has 3 amide bonds. The van der Waals surface area contributed by atoms with Crippen LogP contribution in [-0.4, -0.2) is 29.7 Å². The molecule has 8 heteroatoms. The zero-order valence-corrected chi connectivity index (χ0v) is 21.9. The van der Waals surface area contributed by atoms with Gasteiger partial charge >= 0.3 is 6.03 Å². The quantitative estimate of drug-likeness (QED) is 0.315. The lowest BCUT2D eigenvalue weighted by Gasteiger charge is -2.13. The van der Waals surface area contributed by atoms with Crippen LogP contribution in [0.5, 0.6) is 0 Å². The highest BCUT2D eigenvalue weighted by Crippen LogP contribution is 2.28. The standard InChI is InChI=1S/C26H22BrIN4O2/c27-21-4-2-1-3-16(21)13-23-25(33)32-22-12-7-17(28)14-20(22)24(31-23)15-5-8-18(9-6-15)29-26(34)30-19-10-11-19/h1-9,12,14,19,23H,10-11,13H2,(H,32,33)(H2,29,30,34). The third-order valence-corrected chi connectivity index (χ3v) is 7.23. The van der Waals surface area contributed by atoms with Crippen molar-refractivity contribution in [1.82, 2.24) is 5.32 Å². The minimum Gasteiger partial charge on any atom is -0.335 e. The minimum atomic E-state index is -0.583. The smallest absolute Gasteiger partial charge is 0.319 e. The van der Waals surface area contributed by atoms with E-state index < -0.39 is 6.04 Å². The van der Waals surface area contributed by atoms with Crippen LogP contribution in [0.4, 0.5) is 16.2 Å². The zero-order chi connectivity index (χ0) is 23.7. The van der Waals surface area contributed by atoms with Crippen molar-refractivity contribution in [3.63, 3.8) is 0 Å². The number of halogens is 2. The molecular formula is C26H22BrIN4O2. The number of carbonyl (C=O) groups is 2. The second-order valence-corrected chi connectivity index (χ2v) is 10.5. The van der Waals surface area contributed by atoms with Gasteiger partial charge in [0.1, 0.15) is 6.04 Å². The largest absolute Gasteiger partial charge is 0.335 e. The van der Waals surface area contributed by atoms with E-state index in [1.54, 1.807) is 0 Å². The molecular weight excluding hydrogens is 607 g/mol. The number of benzene rings is 3. The molecule has 0 radical (unpaired) electrons. The summed E-state index contributed by atoms with van der Waals surface area (Å²) in [6.07, 6.45) is 2.55. The van der Waals surface area contributed by atoms with Gasteiger partial charge in [-0.1, -0.05) is 46.3 Å². The second kappa shape index (κ2) is 9.87. The van der Waals surface area contributed by atoms with Crippen LogP contribution in [-0.2, 0) is 11.2 Å². The monoisotopic (exact) mass is 628 g/mol. The Labute approximate surface area is 219 Å². The summed E-state index contributed by atoms with van der Waals surface area (Å²) in [4.78, 5) is 30.2. The van der Waals surface area contributed by atoms with Crippen molar-refractivity contribution >= 4 is 67.5 Å². The first kappa shape index (κ1) is 23.0. The number of anilines is 2. The summed E-state index contributed by atoms with van der Waals surface area (Å²) in [5, 5.41) is 8.86. The Morgan fingerprint density at radius 3 is 2.59 bits per heavy atom. The molecule has 0 spiro atoms. The lowest BCUT2D eigenvalue weighted by Crippen LogP contribution is -2.30. The van der Waals surface area contributed by atoms with Gasteiger partial charge in [-0.2, -0.15) is 0 Å². The summed E-state index contributed by atoms with van der Waals surface area (Å²) < 4.78 is 2.01. The fraction of sp³-hybridized carbons (Fsp3) is 0.192. The van der Waals surface area contributed by atoms with Crippen LogP contribution < -0.4 is 16.0 Å². The Balaban J connectivity index is 1.48. The number of benzodiazepines with no additional fused rings is 1. The predicted molar refractivity (Wildman–Crippen MR) is 147 cm³/mol. The van der Waals surface area contributed by atoms with Gasteiger partial charge in [-0.05, 0) is 77.4 Å². The Morgan fingerprint density at radius 1 is 1.09 bits per heavy atom. The van der Waals surface area contributed by atoms with E-state index in [4.69, 9.17) is 4.99 Å². The van der Waals surface area contributed by atoms with Crippen LogP contribution in [0, 0.1) is 3.57 Å². The number of nitrogens with one attached hydrogen (secondary N) is 3.